The third-order valence-corrected chi connectivity index (χ3v) is 4.09. The molecule has 22 heavy (non-hydrogen) atoms. The van der Waals surface area contributed by atoms with Gasteiger partial charge in [0.1, 0.15) is 5.60 Å². The highest BCUT2D eigenvalue weighted by atomic mass is 16.6. The van der Waals surface area contributed by atoms with E-state index in [9.17, 15) is 4.79 Å². The van der Waals surface area contributed by atoms with Crippen LogP contribution in [-0.4, -0.2) is 23.2 Å². The summed E-state index contributed by atoms with van der Waals surface area (Å²) in [7, 11) is 0. The van der Waals surface area contributed by atoms with Crippen molar-refractivity contribution in [2.45, 2.75) is 18.4 Å². The Labute approximate surface area is 128 Å². The summed E-state index contributed by atoms with van der Waals surface area (Å²) in [5, 5.41) is 0. The average Bonchev–Trinajstić information content (AvgIpc) is 3.40. The number of carbonyl (C=O) groups is 1. The van der Waals surface area contributed by atoms with E-state index < -0.39 is 0 Å². The maximum atomic E-state index is 11.7. The first-order valence-electron chi connectivity index (χ1n) is 7.23. The summed E-state index contributed by atoms with van der Waals surface area (Å²) in [6, 6.07) is 12.0. The van der Waals surface area contributed by atoms with Crippen LogP contribution in [-0.2, 0) is 4.74 Å². The summed E-state index contributed by atoms with van der Waals surface area (Å²) >= 11 is 0. The van der Waals surface area contributed by atoms with Crippen LogP contribution in [0.2, 0.25) is 0 Å². The average molecular weight is 290 g/mol. The van der Waals surface area contributed by atoms with Gasteiger partial charge in [-0.2, -0.15) is 0 Å². The number of benzene rings is 1. The fourth-order valence-electron chi connectivity index (χ4n) is 2.59. The molecule has 0 unspecified atom stereocenters. The fraction of sp³-hybridized carbons (Fsp3) is 0.222. The molecule has 1 saturated carbocycles. The Morgan fingerprint density at radius 2 is 2.00 bits per heavy atom. The summed E-state index contributed by atoms with van der Waals surface area (Å²) in [6.45, 7) is 0.567. The number of carbonyl (C=O) groups excluding carboxylic acids is 1. The standard InChI is InChI=1S/C12H10N2O2.C6H4/c1-2-9-4-3-7-13-10(9)14-8-12(5-6-12)16-11(14)15;1-2-5-4-6(5)3-1/h1,3-4,7H,5-6,8H2;1-4H. The van der Waals surface area contributed by atoms with Crippen molar-refractivity contribution in [1.29, 1.82) is 0 Å². The fourth-order valence-corrected chi connectivity index (χ4v) is 2.59. The molecular formula is C18H14N2O2. The lowest BCUT2D eigenvalue weighted by Gasteiger charge is -2.12. The lowest BCUT2D eigenvalue weighted by Crippen LogP contribution is -2.26. The predicted molar refractivity (Wildman–Crippen MR) is 83.4 cm³/mol. The van der Waals surface area contributed by atoms with Gasteiger partial charge in [-0.1, -0.05) is 24.1 Å². The predicted octanol–water partition coefficient (Wildman–Crippen LogP) is 3.22. The summed E-state index contributed by atoms with van der Waals surface area (Å²) in [4.78, 5) is 17.4. The number of aromatic nitrogens is 1. The van der Waals surface area contributed by atoms with Gasteiger partial charge in [-0.05, 0) is 42.2 Å². The molecule has 2 fully saturated rings. The van der Waals surface area contributed by atoms with Crippen LogP contribution >= 0.6 is 0 Å². The van der Waals surface area contributed by atoms with E-state index in [4.69, 9.17) is 11.2 Å². The van der Waals surface area contributed by atoms with Gasteiger partial charge in [0, 0.05) is 6.20 Å². The highest BCUT2D eigenvalue weighted by molar-refractivity contribution is 5.91. The van der Waals surface area contributed by atoms with E-state index in [0.717, 1.165) is 12.8 Å². The van der Waals surface area contributed by atoms with Gasteiger partial charge in [-0.15, -0.1) is 6.42 Å². The Morgan fingerprint density at radius 3 is 2.50 bits per heavy atom. The van der Waals surface area contributed by atoms with Crippen molar-refractivity contribution in [3.05, 3.63) is 48.2 Å². The van der Waals surface area contributed by atoms with Gasteiger partial charge < -0.3 is 4.74 Å². The van der Waals surface area contributed by atoms with Crippen LogP contribution in [0.25, 0.3) is 11.1 Å². The van der Waals surface area contributed by atoms with E-state index in [-0.39, 0.29) is 11.7 Å². The Hall–Kier alpha value is -2.80. The second-order valence-electron chi connectivity index (χ2n) is 5.74. The van der Waals surface area contributed by atoms with Crippen LogP contribution < -0.4 is 4.90 Å². The zero-order valence-corrected chi connectivity index (χ0v) is 12.0. The molecule has 1 saturated heterocycles. The van der Waals surface area contributed by atoms with Gasteiger partial charge in [-0.25, -0.2) is 9.78 Å². The SMILES string of the molecule is C#Cc1cccnc1N1CC2(CC2)OC1=O.c1cc2cc-2c1. The van der Waals surface area contributed by atoms with E-state index in [1.54, 1.807) is 18.3 Å². The van der Waals surface area contributed by atoms with E-state index in [1.807, 2.05) is 0 Å². The Kier molecular flexibility index (Phi) is 2.70. The zero-order valence-electron chi connectivity index (χ0n) is 12.0. The third-order valence-electron chi connectivity index (χ3n) is 4.09. The first-order chi connectivity index (χ1) is 10.7. The van der Waals surface area contributed by atoms with Crippen LogP contribution in [0, 0.1) is 12.3 Å². The van der Waals surface area contributed by atoms with E-state index >= 15 is 0 Å². The normalized spacial score (nSPS) is 18.1. The van der Waals surface area contributed by atoms with Crippen molar-refractivity contribution in [1.82, 2.24) is 4.98 Å². The summed E-state index contributed by atoms with van der Waals surface area (Å²) in [5.74, 6) is 3.06. The van der Waals surface area contributed by atoms with E-state index in [2.05, 4.69) is 35.2 Å². The van der Waals surface area contributed by atoms with Crippen molar-refractivity contribution in [2.24, 2.45) is 0 Å². The molecule has 0 radical (unpaired) electrons. The van der Waals surface area contributed by atoms with Crippen molar-refractivity contribution >= 4 is 11.9 Å². The smallest absolute Gasteiger partial charge is 0.416 e. The molecule has 108 valence electrons. The van der Waals surface area contributed by atoms with E-state index in [1.165, 1.54) is 16.0 Å². The van der Waals surface area contributed by atoms with Crippen molar-refractivity contribution in [3.63, 3.8) is 0 Å². The number of amides is 1. The number of anilines is 1. The second-order valence-corrected chi connectivity index (χ2v) is 5.74. The minimum atomic E-state index is -0.340. The molecule has 1 aromatic heterocycles. The van der Waals surface area contributed by atoms with Crippen molar-refractivity contribution in [2.75, 3.05) is 11.4 Å². The third kappa shape index (κ3) is 2.21. The number of nitrogens with zero attached hydrogens (tertiary/aromatic N) is 2. The molecule has 0 bridgehead atoms. The molecule has 4 aliphatic rings. The largest absolute Gasteiger partial charge is 0.441 e. The van der Waals surface area contributed by atoms with Crippen LogP contribution in [0.15, 0.2) is 42.6 Å². The Balaban J connectivity index is 0.000000172. The zero-order chi connectivity index (χ0) is 15.2. The lowest BCUT2D eigenvalue weighted by atomic mass is 10.2. The quantitative estimate of drug-likeness (QED) is 0.646. The molecule has 2 heterocycles. The number of ether oxygens (including phenoxy) is 1. The van der Waals surface area contributed by atoms with Gasteiger partial charge in [0.2, 0.25) is 0 Å². The van der Waals surface area contributed by atoms with Gasteiger partial charge in [0.15, 0.2) is 5.82 Å². The van der Waals surface area contributed by atoms with Gasteiger partial charge in [0.05, 0.1) is 12.1 Å². The molecule has 1 spiro atoms. The number of terminal acetylenes is 1. The van der Waals surface area contributed by atoms with Crippen LogP contribution in [0.5, 0.6) is 0 Å². The lowest BCUT2D eigenvalue weighted by molar-refractivity contribution is 0.129. The summed E-state index contributed by atoms with van der Waals surface area (Å²) in [6.07, 6.45) is 8.54. The van der Waals surface area contributed by atoms with Crippen molar-refractivity contribution in [3.8, 4) is 23.5 Å². The molecule has 1 amide bonds. The Bertz CT molecular complexity index is 785. The van der Waals surface area contributed by atoms with Gasteiger partial charge in [0.25, 0.3) is 0 Å². The van der Waals surface area contributed by atoms with Crippen LogP contribution in [0.4, 0.5) is 10.6 Å². The second kappa shape index (κ2) is 4.60. The van der Waals surface area contributed by atoms with Gasteiger partial charge >= 0.3 is 6.09 Å². The Morgan fingerprint density at radius 1 is 1.23 bits per heavy atom. The highest BCUT2D eigenvalue weighted by Gasteiger charge is 2.55. The number of pyridine rings is 1. The molecule has 0 N–H and O–H groups in total. The van der Waals surface area contributed by atoms with Crippen LogP contribution in [0.1, 0.15) is 18.4 Å². The van der Waals surface area contributed by atoms with E-state index in [0.29, 0.717) is 17.9 Å². The number of hydrogen-bond acceptors (Lipinski definition) is 3. The molecular weight excluding hydrogens is 276 g/mol. The minimum Gasteiger partial charge on any atom is -0.441 e. The molecule has 0 aromatic carbocycles. The van der Waals surface area contributed by atoms with Gasteiger partial charge in [-0.3, -0.25) is 4.90 Å². The summed E-state index contributed by atoms with van der Waals surface area (Å²) in [5.41, 5.74) is 3.22. The molecule has 0 atom stereocenters. The molecule has 1 aromatic rings. The topological polar surface area (TPSA) is 42.4 Å². The number of rotatable bonds is 1. The maximum Gasteiger partial charge on any atom is 0.416 e. The maximum absolute atomic E-state index is 11.7. The highest BCUT2D eigenvalue weighted by Crippen LogP contribution is 2.45. The van der Waals surface area contributed by atoms with Crippen molar-refractivity contribution < 1.29 is 9.53 Å². The monoisotopic (exact) mass is 290 g/mol. The first kappa shape index (κ1) is 12.9. The minimum absolute atomic E-state index is 0.250. The number of hydrogen-bond donors (Lipinski definition) is 0. The number of fused-ring (bicyclic) bond motifs is 1. The molecule has 4 nitrogen and oxygen atoms in total. The molecule has 4 heteroatoms. The molecule has 5 rings (SSSR count). The molecule has 3 aliphatic carbocycles. The summed E-state index contributed by atoms with van der Waals surface area (Å²) < 4.78 is 5.30. The molecule has 1 aliphatic heterocycles. The van der Waals surface area contributed by atoms with Crippen LogP contribution in [0.3, 0.4) is 0 Å². The first-order valence-corrected chi connectivity index (χ1v) is 7.23.